The molecule has 0 aromatic heterocycles. The summed E-state index contributed by atoms with van der Waals surface area (Å²) in [6.07, 6.45) is -0.724. The summed E-state index contributed by atoms with van der Waals surface area (Å²) in [5.74, 6) is 0.968. The summed E-state index contributed by atoms with van der Waals surface area (Å²) in [5, 5.41) is 9.62. The second-order valence-corrected chi connectivity index (χ2v) is 6.29. The van der Waals surface area contributed by atoms with E-state index in [0.29, 0.717) is 24.6 Å². The molecule has 0 heterocycles. The largest absolute Gasteiger partial charge is 0.467 e. The molecule has 0 aromatic rings. The quantitative estimate of drug-likeness (QED) is 0.187. The number of hydrogen-bond donors (Lipinski definition) is 3. The number of alkyl carbamates (subject to hydrolysis) is 1. The zero-order chi connectivity index (χ0) is 16.1. The number of ether oxygens (including phenoxy) is 2. The fourth-order valence-electron chi connectivity index (χ4n) is 0.799. The van der Waals surface area contributed by atoms with Crippen LogP contribution in [0.4, 0.5) is 4.79 Å². The fourth-order valence-corrected chi connectivity index (χ4v) is 2.47. The number of rotatable bonds is 8. The molecular formula is C10H19N5O4S2. The number of nitrogens with one attached hydrogen (secondary N) is 2. The van der Waals surface area contributed by atoms with E-state index in [4.69, 9.17) is 15.9 Å². The number of nitrogens with two attached hydrogens (primary N) is 1. The fraction of sp³-hybridized carbons (Fsp3) is 0.600. The molecule has 0 bridgehead atoms. The molecule has 0 aliphatic rings. The Kier molecular flexibility index (Phi) is 11.2. The smallest absolute Gasteiger partial charge is 0.413 e. The summed E-state index contributed by atoms with van der Waals surface area (Å²) in [6, 6.07) is 0. The minimum absolute atomic E-state index is 0.0858. The van der Waals surface area contributed by atoms with Crippen LogP contribution in [0.25, 0.3) is 0 Å². The van der Waals surface area contributed by atoms with Crippen molar-refractivity contribution in [1.82, 2.24) is 10.2 Å². The van der Waals surface area contributed by atoms with Crippen molar-refractivity contribution in [2.24, 2.45) is 10.7 Å². The number of carbonyl (C=O) groups excluding carboxylic acids is 2. The first kappa shape index (κ1) is 19.4. The molecule has 1 amide bonds. The molecular weight excluding hydrogens is 318 g/mol. The van der Waals surface area contributed by atoms with Gasteiger partial charge < -0.3 is 20.1 Å². The van der Waals surface area contributed by atoms with Crippen LogP contribution in [0.3, 0.4) is 0 Å². The highest BCUT2D eigenvalue weighted by Gasteiger charge is 2.05. The average Bonchev–Trinajstić information content (AvgIpc) is 2.41. The molecule has 0 aliphatic heterocycles. The zero-order valence-electron chi connectivity index (χ0n) is 11.8. The summed E-state index contributed by atoms with van der Waals surface area (Å²) in [5.41, 5.74) is 5.43. The Morgan fingerprint density at radius 1 is 1.38 bits per heavy atom. The number of aliphatic imine (C=N–C) groups is 1. The topological polar surface area (TPSA) is 130 Å². The lowest BCUT2D eigenvalue weighted by molar-refractivity contribution is -0.128. The van der Waals surface area contributed by atoms with E-state index in [0.717, 1.165) is 0 Å². The van der Waals surface area contributed by atoms with Gasteiger partial charge in [0.2, 0.25) is 11.9 Å². The van der Waals surface area contributed by atoms with E-state index in [-0.39, 0.29) is 18.5 Å². The van der Waals surface area contributed by atoms with Gasteiger partial charge in [-0.1, -0.05) is 21.6 Å². The van der Waals surface area contributed by atoms with E-state index < -0.39 is 6.09 Å². The second-order valence-electron chi connectivity index (χ2n) is 3.59. The van der Waals surface area contributed by atoms with E-state index in [1.165, 1.54) is 26.5 Å². The highest BCUT2D eigenvalue weighted by atomic mass is 33.1. The maximum Gasteiger partial charge on any atom is 0.413 e. The highest BCUT2D eigenvalue weighted by Crippen LogP contribution is 2.19. The third-order valence-electron chi connectivity index (χ3n) is 1.72. The predicted molar refractivity (Wildman–Crippen MR) is 84.5 cm³/mol. The van der Waals surface area contributed by atoms with Gasteiger partial charge in [-0.25, -0.2) is 4.79 Å². The first-order valence-corrected chi connectivity index (χ1v) is 8.29. The van der Waals surface area contributed by atoms with Crippen molar-refractivity contribution in [3.05, 3.63) is 0 Å². The average molecular weight is 337 g/mol. The van der Waals surface area contributed by atoms with E-state index in [2.05, 4.69) is 15.0 Å². The van der Waals surface area contributed by atoms with Gasteiger partial charge >= 0.3 is 6.09 Å². The Morgan fingerprint density at radius 2 is 2.00 bits per heavy atom. The summed E-state index contributed by atoms with van der Waals surface area (Å²) in [6.45, 7) is 0.963. The molecule has 0 aromatic carbocycles. The molecule has 0 spiro atoms. The molecule has 0 aliphatic carbocycles. The lowest BCUT2D eigenvalue weighted by atomic mass is 10.8. The van der Waals surface area contributed by atoms with Gasteiger partial charge in [0, 0.05) is 25.6 Å². The first-order valence-electron chi connectivity index (χ1n) is 5.80. The van der Waals surface area contributed by atoms with Crippen LogP contribution in [0.2, 0.25) is 0 Å². The van der Waals surface area contributed by atoms with E-state index >= 15 is 0 Å². The molecule has 4 N–H and O–H groups in total. The lowest BCUT2D eigenvalue weighted by Gasteiger charge is -2.10. The van der Waals surface area contributed by atoms with Crippen molar-refractivity contribution in [3.63, 3.8) is 0 Å². The van der Waals surface area contributed by atoms with Gasteiger partial charge in [0.1, 0.15) is 13.2 Å². The van der Waals surface area contributed by atoms with Crippen LogP contribution in [-0.4, -0.2) is 68.2 Å². The van der Waals surface area contributed by atoms with Gasteiger partial charge in [0.15, 0.2) is 0 Å². The van der Waals surface area contributed by atoms with Crippen molar-refractivity contribution in [1.29, 1.82) is 5.41 Å². The Bertz CT molecular complexity index is 378. The van der Waals surface area contributed by atoms with Crippen LogP contribution < -0.4 is 11.1 Å². The van der Waals surface area contributed by atoms with Crippen molar-refractivity contribution >= 4 is 46.1 Å². The monoisotopic (exact) mass is 337 g/mol. The second kappa shape index (κ2) is 12.1. The molecule has 0 radical (unpaired) electrons. The minimum Gasteiger partial charge on any atom is -0.467 e. The summed E-state index contributed by atoms with van der Waals surface area (Å²) in [7, 11) is 6.26. The van der Waals surface area contributed by atoms with Crippen molar-refractivity contribution < 1.29 is 19.1 Å². The SMILES string of the molecule is CN(C)C(=N)N=C(N)NC(=O)OCCSSCCOC=O. The third-order valence-corrected chi connectivity index (χ3v) is 4.05. The van der Waals surface area contributed by atoms with E-state index in [9.17, 15) is 9.59 Å². The van der Waals surface area contributed by atoms with Gasteiger partial charge in [0.25, 0.3) is 6.47 Å². The van der Waals surface area contributed by atoms with Crippen LogP contribution in [0.5, 0.6) is 0 Å². The molecule has 0 unspecified atom stereocenters. The van der Waals surface area contributed by atoms with Crippen LogP contribution in [0.15, 0.2) is 4.99 Å². The number of nitrogens with zero attached hydrogens (tertiary/aromatic N) is 2. The molecule has 120 valence electrons. The Morgan fingerprint density at radius 3 is 2.57 bits per heavy atom. The number of guanidine groups is 2. The van der Waals surface area contributed by atoms with Gasteiger partial charge in [-0.05, 0) is 0 Å². The molecule has 0 rings (SSSR count). The van der Waals surface area contributed by atoms with Crippen molar-refractivity contribution in [2.45, 2.75) is 0 Å². The van der Waals surface area contributed by atoms with Crippen LogP contribution in [0, 0.1) is 5.41 Å². The number of carbonyl (C=O) groups is 2. The van der Waals surface area contributed by atoms with Gasteiger partial charge in [0.05, 0.1) is 0 Å². The highest BCUT2D eigenvalue weighted by molar-refractivity contribution is 8.76. The van der Waals surface area contributed by atoms with Gasteiger partial charge in [-0.15, -0.1) is 0 Å². The van der Waals surface area contributed by atoms with Gasteiger partial charge in [-0.3, -0.25) is 15.5 Å². The Balaban J connectivity index is 3.67. The van der Waals surface area contributed by atoms with Crippen molar-refractivity contribution in [2.75, 3.05) is 38.8 Å². The number of amides is 1. The molecule has 0 saturated carbocycles. The zero-order valence-corrected chi connectivity index (χ0v) is 13.5. The summed E-state index contributed by atoms with van der Waals surface area (Å²) in [4.78, 5) is 26.3. The third kappa shape index (κ3) is 11.9. The lowest BCUT2D eigenvalue weighted by Crippen LogP contribution is -2.39. The molecule has 21 heavy (non-hydrogen) atoms. The minimum atomic E-state index is -0.724. The first-order chi connectivity index (χ1) is 9.97. The van der Waals surface area contributed by atoms with E-state index in [1.807, 2.05) is 0 Å². The molecule has 11 heteroatoms. The Labute approximate surface area is 130 Å². The maximum absolute atomic E-state index is 11.3. The molecule has 9 nitrogen and oxygen atoms in total. The normalized spacial score (nSPS) is 10.7. The summed E-state index contributed by atoms with van der Waals surface area (Å²) >= 11 is 0. The van der Waals surface area contributed by atoms with Crippen LogP contribution in [0.1, 0.15) is 0 Å². The summed E-state index contributed by atoms with van der Waals surface area (Å²) < 4.78 is 9.38. The standard InChI is InChI=1S/C10H19N5O4S2/c1-15(2)9(12)13-8(11)14-10(17)19-4-6-21-20-5-3-18-7-16/h7H,3-6H2,1-2H3,(H4,11,12,13,14,17). The molecule has 0 saturated heterocycles. The maximum atomic E-state index is 11.3. The van der Waals surface area contributed by atoms with Crippen LogP contribution >= 0.6 is 21.6 Å². The Hall–Kier alpha value is -1.62. The molecule has 0 atom stereocenters. The van der Waals surface area contributed by atoms with Gasteiger partial charge in [-0.2, -0.15) is 4.99 Å². The van der Waals surface area contributed by atoms with Crippen LogP contribution in [-0.2, 0) is 14.3 Å². The van der Waals surface area contributed by atoms with E-state index in [1.54, 1.807) is 14.1 Å². The van der Waals surface area contributed by atoms with Crippen molar-refractivity contribution in [3.8, 4) is 0 Å². The molecule has 0 fully saturated rings. The predicted octanol–water partition coefficient (Wildman–Crippen LogP) is 0.0781. The number of hydrogen-bond acceptors (Lipinski definition) is 7.